The van der Waals surface area contributed by atoms with Crippen LogP contribution >= 0.6 is 0 Å². The molecule has 0 aliphatic heterocycles. The van der Waals surface area contributed by atoms with E-state index in [1.54, 1.807) is 6.07 Å². The minimum absolute atomic E-state index is 0.0758. The molecule has 2 aromatic rings. The van der Waals surface area contributed by atoms with Crippen LogP contribution in [0, 0.1) is 0 Å². The molecule has 0 aliphatic carbocycles. The normalized spacial score (nSPS) is 11.1. The molecular weight excluding hydrogens is 296 g/mol. The van der Waals surface area contributed by atoms with Crippen molar-refractivity contribution in [2.75, 3.05) is 0 Å². The van der Waals surface area contributed by atoms with Gasteiger partial charge < -0.3 is 5.11 Å². The molecule has 2 N–H and O–H groups in total. The largest absolute Gasteiger partial charge is 0.478 e. The second-order valence-corrected chi connectivity index (χ2v) is 5.61. The van der Waals surface area contributed by atoms with E-state index >= 15 is 0 Å². The summed E-state index contributed by atoms with van der Waals surface area (Å²) < 4.78 is 31.4. The van der Waals surface area contributed by atoms with Crippen LogP contribution < -0.4 is 0 Å². The van der Waals surface area contributed by atoms with Crippen LogP contribution in [0.5, 0.6) is 0 Å². The van der Waals surface area contributed by atoms with E-state index in [0.29, 0.717) is 6.29 Å². The zero-order valence-electron chi connectivity index (χ0n) is 10.6. The highest BCUT2D eigenvalue weighted by atomic mass is 32.2. The Morgan fingerprint density at radius 3 is 2.29 bits per heavy atom. The first kappa shape index (κ1) is 14.9. The monoisotopic (exact) mass is 306 g/mol. The van der Waals surface area contributed by atoms with Crippen molar-refractivity contribution in [3.8, 4) is 11.1 Å². The summed E-state index contributed by atoms with van der Waals surface area (Å²) in [5.74, 6) is -1.21. The number of aldehydes is 1. The van der Waals surface area contributed by atoms with Crippen molar-refractivity contribution in [1.29, 1.82) is 0 Å². The van der Waals surface area contributed by atoms with E-state index < -0.39 is 21.0 Å². The van der Waals surface area contributed by atoms with Crippen LogP contribution in [-0.2, 0) is 10.1 Å². The number of carboxylic acid groups (broad SMARTS) is 1. The zero-order chi connectivity index (χ0) is 15.6. The Morgan fingerprint density at radius 1 is 1.05 bits per heavy atom. The molecule has 0 aromatic heterocycles. The van der Waals surface area contributed by atoms with E-state index in [-0.39, 0.29) is 22.3 Å². The number of carbonyl (C=O) groups excluding carboxylic acids is 1. The van der Waals surface area contributed by atoms with Gasteiger partial charge in [0, 0.05) is 5.56 Å². The first-order valence-corrected chi connectivity index (χ1v) is 7.18. The fourth-order valence-electron chi connectivity index (χ4n) is 1.94. The SMILES string of the molecule is O=Cc1ccc(S(=O)(=O)O)cc1-c1ccccc1C(=O)O. The van der Waals surface area contributed by atoms with Crippen molar-refractivity contribution in [1.82, 2.24) is 0 Å². The highest BCUT2D eigenvalue weighted by molar-refractivity contribution is 7.85. The lowest BCUT2D eigenvalue weighted by atomic mass is 9.96. The number of carboxylic acids is 1. The Bertz CT molecular complexity index is 823. The molecule has 6 nitrogen and oxygen atoms in total. The average Bonchev–Trinajstić information content (AvgIpc) is 2.45. The van der Waals surface area contributed by atoms with Crippen LogP contribution in [0.3, 0.4) is 0 Å². The maximum Gasteiger partial charge on any atom is 0.336 e. The first-order valence-electron chi connectivity index (χ1n) is 5.74. The van der Waals surface area contributed by atoms with Crippen molar-refractivity contribution in [3.05, 3.63) is 53.6 Å². The van der Waals surface area contributed by atoms with Crippen molar-refractivity contribution in [3.63, 3.8) is 0 Å². The van der Waals surface area contributed by atoms with Crippen LogP contribution in [0.15, 0.2) is 47.4 Å². The lowest BCUT2D eigenvalue weighted by molar-refractivity contribution is 0.0697. The third-order valence-electron chi connectivity index (χ3n) is 2.90. The van der Waals surface area contributed by atoms with E-state index in [4.69, 9.17) is 9.66 Å². The topological polar surface area (TPSA) is 109 Å². The average molecular weight is 306 g/mol. The number of benzene rings is 2. The van der Waals surface area contributed by atoms with Crippen molar-refractivity contribution in [2.45, 2.75) is 4.90 Å². The molecule has 0 aliphatic rings. The Kier molecular flexibility index (Phi) is 3.88. The molecule has 0 saturated carbocycles. The van der Waals surface area contributed by atoms with Gasteiger partial charge in [-0.1, -0.05) is 18.2 Å². The second-order valence-electron chi connectivity index (χ2n) is 4.19. The molecule has 21 heavy (non-hydrogen) atoms. The minimum Gasteiger partial charge on any atom is -0.478 e. The minimum atomic E-state index is -4.45. The Labute approximate surface area is 120 Å². The molecule has 0 fully saturated rings. The molecule has 0 bridgehead atoms. The fourth-order valence-corrected chi connectivity index (χ4v) is 2.44. The lowest BCUT2D eigenvalue weighted by Gasteiger charge is -2.10. The van der Waals surface area contributed by atoms with Gasteiger partial charge in [0.15, 0.2) is 6.29 Å². The number of aromatic carboxylic acids is 1. The summed E-state index contributed by atoms with van der Waals surface area (Å²) in [4.78, 5) is 21.9. The molecule has 7 heteroatoms. The van der Waals surface area contributed by atoms with Gasteiger partial charge in [-0.2, -0.15) is 8.42 Å². The number of carbonyl (C=O) groups is 2. The molecule has 0 amide bonds. The van der Waals surface area contributed by atoms with Gasteiger partial charge in [0.25, 0.3) is 10.1 Å². The summed E-state index contributed by atoms with van der Waals surface area (Å²) in [7, 11) is -4.45. The van der Waals surface area contributed by atoms with Crippen LogP contribution in [0.1, 0.15) is 20.7 Å². The molecule has 0 atom stereocenters. The van der Waals surface area contributed by atoms with E-state index in [1.807, 2.05) is 0 Å². The van der Waals surface area contributed by atoms with Crippen LogP contribution in [0.2, 0.25) is 0 Å². The predicted molar refractivity (Wildman–Crippen MR) is 74.0 cm³/mol. The van der Waals surface area contributed by atoms with Crippen molar-refractivity contribution in [2.24, 2.45) is 0 Å². The van der Waals surface area contributed by atoms with E-state index in [9.17, 15) is 18.0 Å². The van der Waals surface area contributed by atoms with Gasteiger partial charge in [-0.05, 0) is 35.4 Å². The van der Waals surface area contributed by atoms with E-state index in [0.717, 1.165) is 12.1 Å². The Morgan fingerprint density at radius 2 is 1.71 bits per heavy atom. The zero-order valence-corrected chi connectivity index (χ0v) is 11.4. The van der Waals surface area contributed by atoms with Gasteiger partial charge in [-0.15, -0.1) is 0 Å². The summed E-state index contributed by atoms with van der Waals surface area (Å²) in [6, 6.07) is 9.24. The summed E-state index contributed by atoms with van der Waals surface area (Å²) >= 11 is 0. The lowest BCUT2D eigenvalue weighted by Crippen LogP contribution is -2.03. The molecule has 0 saturated heterocycles. The number of hydrogen-bond acceptors (Lipinski definition) is 4. The standard InChI is InChI=1S/C14H10O6S/c15-8-9-5-6-10(21(18,19)20)7-13(9)11-3-1-2-4-12(11)14(16)17/h1-8H,(H,16,17)(H,18,19,20). The molecule has 0 spiro atoms. The number of hydrogen-bond donors (Lipinski definition) is 2. The summed E-state index contributed by atoms with van der Waals surface area (Å²) in [6.45, 7) is 0. The Hall–Kier alpha value is -2.51. The van der Waals surface area contributed by atoms with Crippen molar-refractivity contribution < 1.29 is 27.7 Å². The van der Waals surface area contributed by atoms with Crippen LogP contribution in [0.25, 0.3) is 11.1 Å². The smallest absolute Gasteiger partial charge is 0.336 e. The Balaban J connectivity index is 2.79. The third-order valence-corrected chi connectivity index (χ3v) is 3.75. The summed E-state index contributed by atoms with van der Waals surface area (Å²) in [5.41, 5.74) is 0.361. The number of rotatable bonds is 4. The van der Waals surface area contributed by atoms with Gasteiger partial charge >= 0.3 is 5.97 Å². The van der Waals surface area contributed by atoms with E-state index in [2.05, 4.69) is 0 Å². The van der Waals surface area contributed by atoms with Crippen molar-refractivity contribution >= 4 is 22.4 Å². The van der Waals surface area contributed by atoms with Gasteiger partial charge in [0.1, 0.15) is 0 Å². The summed E-state index contributed by atoms with van der Waals surface area (Å²) in [5, 5.41) is 9.16. The maximum absolute atomic E-state index is 11.2. The van der Waals surface area contributed by atoms with Gasteiger partial charge in [0.05, 0.1) is 10.5 Å². The third kappa shape index (κ3) is 2.99. The maximum atomic E-state index is 11.2. The molecule has 2 aromatic carbocycles. The second kappa shape index (κ2) is 5.47. The highest BCUT2D eigenvalue weighted by Gasteiger charge is 2.17. The van der Waals surface area contributed by atoms with E-state index in [1.165, 1.54) is 24.3 Å². The molecule has 0 radical (unpaired) electrons. The molecule has 2 rings (SSSR count). The van der Waals surface area contributed by atoms with Gasteiger partial charge in [-0.3, -0.25) is 9.35 Å². The quantitative estimate of drug-likeness (QED) is 0.661. The molecule has 0 unspecified atom stereocenters. The van der Waals surface area contributed by atoms with Crippen LogP contribution in [-0.4, -0.2) is 30.3 Å². The molecule has 0 heterocycles. The molecular formula is C14H10O6S. The van der Waals surface area contributed by atoms with Gasteiger partial charge in [0.2, 0.25) is 0 Å². The summed E-state index contributed by atoms with van der Waals surface area (Å²) in [6.07, 6.45) is 0.488. The fraction of sp³-hybridized carbons (Fsp3) is 0. The predicted octanol–water partition coefficient (Wildman–Crippen LogP) is 2.11. The van der Waals surface area contributed by atoms with Gasteiger partial charge in [-0.25, -0.2) is 4.79 Å². The highest BCUT2D eigenvalue weighted by Crippen LogP contribution is 2.29. The van der Waals surface area contributed by atoms with Crippen LogP contribution in [0.4, 0.5) is 0 Å². The first-order chi connectivity index (χ1) is 9.84. The molecule has 108 valence electrons.